The minimum atomic E-state index is -0.771. The number of hydrogen-bond acceptors (Lipinski definition) is 5. The number of alkyl carbamates (subject to hydrolysis) is 1. The van der Waals surface area contributed by atoms with Crippen LogP contribution in [0.1, 0.15) is 31.1 Å². The van der Waals surface area contributed by atoms with E-state index in [0.29, 0.717) is 10.3 Å². The van der Waals surface area contributed by atoms with E-state index in [0.717, 1.165) is 0 Å². The molecule has 7 nitrogen and oxygen atoms in total. The number of ether oxygens (including phenoxy) is 2. The van der Waals surface area contributed by atoms with Gasteiger partial charge in [-0.1, -0.05) is 18.2 Å². The molecule has 0 radical (unpaired) electrons. The van der Waals surface area contributed by atoms with Crippen molar-refractivity contribution < 1.29 is 23.8 Å². The van der Waals surface area contributed by atoms with Crippen molar-refractivity contribution in [3.05, 3.63) is 41.1 Å². The number of rotatable bonds is 3. The Balaban J connectivity index is 1.98. The predicted molar refractivity (Wildman–Crippen MR) is 83.4 cm³/mol. The van der Waals surface area contributed by atoms with Gasteiger partial charge in [0.25, 0.3) is 0 Å². The summed E-state index contributed by atoms with van der Waals surface area (Å²) in [5.41, 5.74) is -0.274. The largest absolute Gasteiger partial charge is 0.624 e. The Morgan fingerprint density at radius 1 is 1.26 bits per heavy atom. The van der Waals surface area contributed by atoms with Gasteiger partial charge >= 0.3 is 12.1 Å². The monoisotopic (exact) mass is 320 g/mol. The van der Waals surface area contributed by atoms with E-state index in [9.17, 15) is 14.8 Å². The summed E-state index contributed by atoms with van der Waals surface area (Å²) in [6, 6.07) is 7.72. The molecule has 0 aliphatic carbocycles. The molecule has 1 N–H and O–H groups in total. The number of carbonyl (C=O) groups excluding carboxylic acids is 2. The third-order valence-electron chi connectivity index (χ3n) is 3.04. The van der Waals surface area contributed by atoms with Gasteiger partial charge < -0.3 is 20.0 Å². The van der Waals surface area contributed by atoms with Crippen molar-refractivity contribution >= 4 is 18.3 Å². The molecule has 1 heterocycles. The maximum Gasteiger partial charge on any atom is 0.408 e. The summed E-state index contributed by atoms with van der Waals surface area (Å²) in [5, 5.41) is 14.1. The first-order valence-corrected chi connectivity index (χ1v) is 7.29. The number of nitrogens with zero attached hydrogens (tertiary/aromatic N) is 1. The molecule has 0 saturated carbocycles. The maximum atomic E-state index is 12.1. The molecular formula is C16H20N2O5. The van der Waals surface area contributed by atoms with Gasteiger partial charge in [0.2, 0.25) is 0 Å². The van der Waals surface area contributed by atoms with Crippen molar-refractivity contribution in [2.24, 2.45) is 0 Å². The fourth-order valence-electron chi connectivity index (χ4n) is 2.09. The van der Waals surface area contributed by atoms with Crippen LogP contribution in [0, 0.1) is 5.21 Å². The van der Waals surface area contributed by atoms with E-state index in [1.165, 1.54) is 6.21 Å². The number of hydrogen-bond donors (Lipinski definition) is 1. The molecule has 1 amide bonds. The lowest BCUT2D eigenvalue weighted by molar-refractivity contribution is -0.451. The van der Waals surface area contributed by atoms with Crippen LogP contribution in [0.4, 0.5) is 4.79 Å². The van der Waals surface area contributed by atoms with Gasteiger partial charge in [-0.05, 0) is 32.9 Å². The van der Waals surface area contributed by atoms with Crippen LogP contribution in [-0.2, 0) is 9.47 Å². The minimum Gasteiger partial charge on any atom is -0.624 e. The Hall–Kier alpha value is -2.57. The van der Waals surface area contributed by atoms with E-state index >= 15 is 0 Å². The molecule has 0 bridgehead atoms. The van der Waals surface area contributed by atoms with Crippen molar-refractivity contribution in [2.75, 3.05) is 6.54 Å². The van der Waals surface area contributed by atoms with Crippen molar-refractivity contribution in [1.29, 1.82) is 0 Å². The standard InChI is InChI=1S/C16H20N2O5/c1-16(2,3)23-15(20)17-12-9-18(21)10-13(12)22-14(19)11-7-5-4-6-8-11/h4-9,12-13H,10H2,1-3H3,(H,17,20)/t12-,13+/m1/s1. The highest BCUT2D eigenvalue weighted by molar-refractivity contribution is 5.89. The van der Waals surface area contributed by atoms with Crippen LogP contribution >= 0.6 is 0 Å². The molecule has 23 heavy (non-hydrogen) atoms. The summed E-state index contributed by atoms with van der Waals surface area (Å²) in [5.74, 6) is -0.546. The average molecular weight is 320 g/mol. The zero-order chi connectivity index (χ0) is 17.0. The van der Waals surface area contributed by atoms with Crippen LogP contribution in [0.15, 0.2) is 30.3 Å². The van der Waals surface area contributed by atoms with Gasteiger partial charge in [0.05, 0.1) is 5.56 Å². The van der Waals surface area contributed by atoms with Crippen LogP contribution in [0.2, 0.25) is 0 Å². The van der Waals surface area contributed by atoms with Gasteiger partial charge in [0, 0.05) is 0 Å². The van der Waals surface area contributed by atoms with E-state index in [4.69, 9.17) is 9.47 Å². The molecule has 0 aromatic heterocycles. The second kappa shape index (κ2) is 6.68. The molecule has 1 aromatic rings. The van der Waals surface area contributed by atoms with Gasteiger partial charge in [-0.3, -0.25) is 0 Å². The molecule has 1 aliphatic heterocycles. The van der Waals surface area contributed by atoms with Crippen LogP contribution in [0.5, 0.6) is 0 Å². The van der Waals surface area contributed by atoms with Crippen molar-refractivity contribution in [1.82, 2.24) is 5.32 Å². The molecule has 1 aliphatic rings. The number of hydroxylamine groups is 1. The summed E-state index contributed by atoms with van der Waals surface area (Å²) >= 11 is 0. The third-order valence-corrected chi connectivity index (χ3v) is 3.04. The smallest absolute Gasteiger partial charge is 0.408 e. The minimum absolute atomic E-state index is 0.0426. The number of esters is 1. The average Bonchev–Trinajstić information content (AvgIpc) is 2.77. The Labute approximate surface area is 134 Å². The van der Waals surface area contributed by atoms with E-state index in [1.807, 2.05) is 0 Å². The van der Waals surface area contributed by atoms with Crippen molar-refractivity contribution in [3.63, 3.8) is 0 Å². The molecule has 124 valence electrons. The Kier molecular flexibility index (Phi) is 4.88. The highest BCUT2D eigenvalue weighted by Gasteiger charge is 2.37. The quantitative estimate of drug-likeness (QED) is 0.520. The zero-order valence-electron chi connectivity index (χ0n) is 13.3. The summed E-state index contributed by atoms with van der Waals surface area (Å²) < 4.78 is 11.1. The first-order valence-electron chi connectivity index (χ1n) is 7.29. The second-order valence-corrected chi connectivity index (χ2v) is 6.23. The van der Waals surface area contributed by atoms with Crippen LogP contribution in [0.25, 0.3) is 0 Å². The van der Waals surface area contributed by atoms with Gasteiger partial charge in [0.1, 0.15) is 5.60 Å². The molecular weight excluding hydrogens is 300 g/mol. The lowest BCUT2D eigenvalue weighted by Gasteiger charge is -2.22. The lowest BCUT2D eigenvalue weighted by atomic mass is 10.2. The van der Waals surface area contributed by atoms with E-state index in [1.54, 1.807) is 51.1 Å². The number of nitrogens with one attached hydrogen (secondary N) is 1. The SMILES string of the molecule is CC(C)(C)OC(=O)N[C@@H]1C=[N+]([O-])C[C@@H]1OC(=O)c1ccccc1. The van der Waals surface area contributed by atoms with Crippen LogP contribution in [-0.4, -0.2) is 47.3 Å². The van der Waals surface area contributed by atoms with E-state index < -0.39 is 29.8 Å². The Bertz CT molecular complexity index is 607. The lowest BCUT2D eigenvalue weighted by Crippen LogP contribution is -2.46. The molecule has 0 fully saturated rings. The third kappa shape index (κ3) is 4.98. The number of benzene rings is 1. The summed E-state index contributed by atoms with van der Waals surface area (Å²) in [4.78, 5) is 23.9. The molecule has 0 unspecified atom stereocenters. The zero-order valence-corrected chi connectivity index (χ0v) is 13.3. The second-order valence-electron chi connectivity index (χ2n) is 6.23. The van der Waals surface area contributed by atoms with Gasteiger partial charge in [-0.25, -0.2) is 14.3 Å². The van der Waals surface area contributed by atoms with E-state index in [2.05, 4.69) is 5.32 Å². The molecule has 1 aromatic carbocycles. The molecule has 2 rings (SSSR count). The highest BCUT2D eigenvalue weighted by Crippen LogP contribution is 2.12. The summed E-state index contributed by atoms with van der Waals surface area (Å²) in [6.45, 7) is 5.16. The first kappa shape index (κ1) is 16.8. The molecule has 0 spiro atoms. The fourth-order valence-corrected chi connectivity index (χ4v) is 2.09. The van der Waals surface area contributed by atoms with Crippen molar-refractivity contribution in [3.8, 4) is 0 Å². The van der Waals surface area contributed by atoms with Crippen LogP contribution in [0.3, 0.4) is 0 Å². The fraction of sp³-hybridized carbons (Fsp3) is 0.438. The van der Waals surface area contributed by atoms with Crippen LogP contribution < -0.4 is 5.32 Å². The Morgan fingerprint density at radius 2 is 1.91 bits per heavy atom. The van der Waals surface area contributed by atoms with Crippen molar-refractivity contribution in [2.45, 2.75) is 38.5 Å². The molecule has 7 heteroatoms. The van der Waals surface area contributed by atoms with Gasteiger partial charge in [-0.15, -0.1) is 0 Å². The topological polar surface area (TPSA) is 90.7 Å². The predicted octanol–water partition coefficient (Wildman–Crippen LogP) is 1.70. The molecule has 0 saturated heterocycles. The molecule has 2 atom stereocenters. The van der Waals surface area contributed by atoms with Gasteiger partial charge in [-0.2, -0.15) is 0 Å². The first-order chi connectivity index (χ1) is 10.7. The highest BCUT2D eigenvalue weighted by atomic mass is 16.6. The van der Waals surface area contributed by atoms with E-state index in [-0.39, 0.29) is 6.54 Å². The summed E-state index contributed by atoms with van der Waals surface area (Å²) in [7, 11) is 0. The normalized spacial score (nSPS) is 20.6. The maximum absolute atomic E-state index is 12.1. The Morgan fingerprint density at radius 3 is 2.52 bits per heavy atom. The van der Waals surface area contributed by atoms with Gasteiger partial charge in [0.15, 0.2) is 24.9 Å². The number of carbonyl (C=O) groups is 2. The number of amides is 1. The summed E-state index contributed by atoms with van der Waals surface area (Å²) in [6.07, 6.45) is -0.185.